The highest BCUT2D eigenvalue weighted by Gasteiger charge is 2.17. The first kappa shape index (κ1) is 14.3. The lowest BCUT2D eigenvalue weighted by molar-refractivity contribution is 0.104. The smallest absolute Gasteiger partial charge is 0.189 e. The first-order valence-electron chi connectivity index (χ1n) is 6.78. The van der Waals surface area contributed by atoms with E-state index in [4.69, 9.17) is 0 Å². The number of carbonyl (C=O) groups excluding carboxylic acids is 1. The van der Waals surface area contributed by atoms with E-state index >= 15 is 0 Å². The third kappa shape index (κ3) is 2.73. The number of benzene rings is 1. The summed E-state index contributed by atoms with van der Waals surface area (Å²) in [7, 11) is 0. The number of para-hydroxylation sites is 1. The van der Waals surface area contributed by atoms with E-state index in [1.54, 1.807) is 16.1 Å². The predicted molar refractivity (Wildman–Crippen MR) is 86.3 cm³/mol. The zero-order valence-electron chi connectivity index (χ0n) is 12.2. The average molecular weight is 310 g/mol. The van der Waals surface area contributed by atoms with Gasteiger partial charge in [0.05, 0.1) is 28.3 Å². The van der Waals surface area contributed by atoms with Crippen LogP contribution in [-0.4, -0.2) is 25.2 Å². The fourth-order valence-electron chi connectivity index (χ4n) is 2.31. The first-order valence-corrected chi connectivity index (χ1v) is 7.61. The highest BCUT2D eigenvalue weighted by Crippen LogP contribution is 2.19. The van der Waals surface area contributed by atoms with Gasteiger partial charge in [-0.25, -0.2) is 4.68 Å². The Balaban J connectivity index is 1.95. The maximum atomic E-state index is 12.4. The molecule has 0 saturated carbocycles. The largest absolute Gasteiger partial charge is 0.289 e. The van der Waals surface area contributed by atoms with E-state index < -0.39 is 0 Å². The van der Waals surface area contributed by atoms with E-state index in [0.29, 0.717) is 17.0 Å². The number of allylic oxidation sites excluding steroid dienone is 1. The second-order valence-corrected chi connectivity index (χ2v) is 5.43. The summed E-state index contributed by atoms with van der Waals surface area (Å²) < 4.78 is 5.56. The Kier molecular flexibility index (Phi) is 3.93. The third-order valence-electron chi connectivity index (χ3n) is 3.32. The van der Waals surface area contributed by atoms with Crippen molar-refractivity contribution in [2.45, 2.75) is 13.8 Å². The number of nitrogens with zero attached hydrogens (tertiary/aromatic N) is 4. The van der Waals surface area contributed by atoms with Crippen molar-refractivity contribution in [2.75, 3.05) is 0 Å². The second kappa shape index (κ2) is 6.03. The molecule has 0 aliphatic rings. The fraction of sp³-hybridized carbons (Fsp3) is 0.125. The number of aryl methyl sites for hydroxylation is 1. The van der Waals surface area contributed by atoms with Crippen LogP contribution in [0.25, 0.3) is 11.8 Å². The van der Waals surface area contributed by atoms with Crippen molar-refractivity contribution in [2.24, 2.45) is 0 Å². The zero-order valence-corrected chi connectivity index (χ0v) is 13.0. The van der Waals surface area contributed by atoms with Crippen molar-refractivity contribution in [3.05, 3.63) is 64.4 Å². The van der Waals surface area contributed by atoms with E-state index in [2.05, 4.69) is 14.7 Å². The van der Waals surface area contributed by atoms with Gasteiger partial charge in [0, 0.05) is 5.38 Å². The molecule has 2 heterocycles. The molecule has 0 bridgehead atoms. The van der Waals surface area contributed by atoms with Gasteiger partial charge in [-0.2, -0.15) is 5.10 Å². The predicted octanol–water partition coefficient (Wildman–Crippen LogP) is 3.24. The minimum Gasteiger partial charge on any atom is -0.289 e. The van der Waals surface area contributed by atoms with Crippen molar-refractivity contribution < 1.29 is 4.79 Å². The zero-order chi connectivity index (χ0) is 15.5. The topological polar surface area (TPSA) is 60.7 Å². The molecular formula is C16H14N4OS. The standard InChI is InChI=1S/C16H14N4OS/c1-11-16(15(21)9-8-13-10-22-19-17-13)12(2)20(18-11)14-6-4-3-5-7-14/h3-10H,1-2H3/b9-8-. The second-order valence-electron chi connectivity index (χ2n) is 4.82. The number of ketones is 1. The normalized spacial score (nSPS) is 11.2. The molecule has 0 N–H and O–H groups in total. The van der Waals surface area contributed by atoms with Crippen LogP contribution < -0.4 is 0 Å². The lowest BCUT2D eigenvalue weighted by Crippen LogP contribution is -2.01. The van der Waals surface area contributed by atoms with Gasteiger partial charge in [0.1, 0.15) is 0 Å². The molecule has 0 fully saturated rings. The van der Waals surface area contributed by atoms with Gasteiger partial charge < -0.3 is 0 Å². The van der Waals surface area contributed by atoms with Crippen LogP contribution in [0.4, 0.5) is 0 Å². The number of aromatic nitrogens is 4. The van der Waals surface area contributed by atoms with Crippen LogP contribution >= 0.6 is 11.5 Å². The molecule has 0 amide bonds. The van der Waals surface area contributed by atoms with E-state index in [9.17, 15) is 4.79 Å². The minimum absolute atomic E-state index is 0.0785. The summed E-state index contributed by atoms with van der Waals surface area (Å²) in [5, 5.41) is 10.2. The first-order chi connectivity index (χ1) is 10.7. The van der Waals surface area contributed by atoms with Crippen molar-refractivity contribution >= 4 is 23.4 Å². The summed E-state index contributed by atoms with van der Waals surface area (Å²) in [6.07, 6.45) is 3.19. The van der Waals surface area contributed by atoms with Crippen molar-refractivity contribution in [3.63, 3.8) is 0 Å². The van der Waals surface area contributed by atoms with Gasteiger partial charge in [0.25, 0.3) is 0 Å². The molecule has 3 rings (SSSR count). The van der Waals surface area contributed by atoms with Gasteiger partial charge in [0.15, 0.2) is 5.78 Å². The van der Waals surface area contributed by atoms with E-state index in [0.717, 1.165) is 11.4 Å². The van der Waals surface area contributed by atoms with Crippen molar-refractivity contribution in [1.82, 2.24) is 19.4 Å². The summed E-state index contributed by atoms with van der Waals surface area (Å²) in [5.74, 6) is -0.0785. The van der Waals surface area contributed by atoms with E-state index in [-0.39, 0.29) is 5.78 Å². The van der Waals surface area contributed by atoms with Crippen molar-refractivity contribution in [1.29, 1.82) is 0 Å². The quantitative estimate of drug-likeness (QED) is 0.548. The van der Waals surface area contributed by atoms with Crippen LogP contribution in [0.3, 0.4) is 0 Å². The summed E-state index contributed by atoms with van der Waals surface area (Å²) in [4.78, 5) is 12.4. The van der Waals surface area contributed by atoms with Gasteiger partial charge in [-0.05, 0) is 49.7 Å². The number of hydrogen-bond acceptors (Lipinski definition) is 5. The van der Waals surface area contributed by atoms with Gasteiger partial charge in [-0.1, -0.05) is 22.7 Å². The lowest BCUT2D eigenvalue weighted by atomic mass is 10.1. The summed E-state index contributed by atoms with van der Waals surface area (Å²) in [6.45, 7) is 3.75. The molecule has 0 unspecified atom stereocenters. The maximum absolute atomic E-state index is 12.4. The summed E-state index contributed by atoms with van der Waals surface area (Å²) >= 11 is 1.25. The minimum atomic E-state index is -0.0785. The Morgan fingerprint density at radius 1 is 1.23 bits per heavy atom. The Bertz CT molecular complexity index is 819. The molecule has 0 radical (unpaired) electrons. The van der Waals surface area contributed by atoms with E-state index in [1.807, 2.05) is 44.2 Å². The molecule has 1 aromatic carbocycles. The molecular weight excluding hydrogens is 296 g/mol. The SMILES string of the molecule is Cc1nn(-c2ccccc2)c(C)c1C(=O)/C=C\c1csnn1. The molecule has 3 aromatic rings. The Hall–Kier alpha value is -2.60. The van der Waals surface area contributed by atoms with Crippen LogP contribution in [0.5, 0.6) is 0 Å². The molecule has 0 aliphatic carbocycles. The van der Waals surface area contributed by atoms with Crippen LogP contribution in [0.1, 0.15) is 27.4 Å². The monoisotopic (exact) mass is 310 g/mol. The average Bonchev–Trinajstić information content (AvgIpc) is 3.14. The number of hydrogen-bond donors (Lipinski definition) is 0. The number of carbonyl (C=O) groups is 1. The van der Waals surface area contributed by atoms with Crippen molar-refractivity contribution in [3.8, 4) is 5.69 Å². The van der Waals surface area contributed by atoms with Crippen LogP contribution in [0.2, 0.25) is 0 Å². The Morgan fingerprint density at radius 3 is 2.68 bits per heavy atom. The van der Waals surface area contributed by atoms with Gasteiger partial charge in [-0.15, -0.1) is 5.10 Å². The number of rotatable bonds is 4. The summed E-state index contributed by atoms with van der Waals surface area (Å²) in [6, 6.07) is 9.77. The molecule has 22 heavy (non-hydrogen) atoms. The molecule has 0 atom stereocenters. The molecule has 0 aliphatic heterocycles. The van der Waals surface area contributed by atoms with Gasteiger partial charge in [-0.3, -0.25) is 4.79 Å². The maximum Gasteiger partial charge on any atom is 0.189 e. The molecule has 110 valence electrons. The van der Waals surface area contributed by atoms with E-state index in [1.165, 1.54) is 17.6 Å². The van der Waals surface area contributed by atoms with Crippen LogP contribution in [0, 0.1) is 13.8 Å². The van der Waals surface area contributed by atoms with Crippen LogP contribution in [-0.2, 0) is 0 Å². The fourth-order valence-corrected chi connectivity index (χ4v) is 2.73. The Morgan fingerprint density at radius 2 is 2.00 bits per heavy atom. The van der Waals surface area contributed by atoms with Crippen LogP contribution in [0.15, 0.2) is 41.8 Å². The van der Waals surface area contributed by atoms with Gasteiger partial charge in [0.2, 0.25) is 0 Å². The third-order valence-corrected chi connectivity index (χ3v) is 3.84. The van der Waals surface area contributed by atoms with Gasteiger partial charge >= 0.3 is 0 Å². The molecule has 0 spiro atoms. The molecule has 2 aromatic heterocycles. The summed E-state index contributed by atoms with van der Waals surface area (Å²) in [5.41, 5.74) is 3.80. The molecule has 0 saturated heterocycles. The highest BCUT2D eigenvalue weighted by molar-refractivity contribution is 7.03. The lowest BCUT2D eigenvalue weighted by Gasteiger charge is -2.03. The highest BCUT2D eigenvalue weighted by atomic mass is 32.1. The molecule has 5 nitrogen and oxygen atoms in total. The Labute approximate surface area is 132 Å². The molecule has 6 heteroatoms.